The molecule has 0 N–H and O–H groups in total. The summed E-state index contributed by atoms with van der Waals surface area (Å²) in [4.78, 5) is 4.63. The van der Waals surface area contributed by atoms with Crippen LogP contribution in [0.5, 0.6) is 0 Å². The van der Waals surface area contributed by atoms with E-state index in [1.807, 2.05) is 42.5 Å². The van der Waals surface area contributed by atoms with Crippen LogP contribution in [0.1, 0.15) is 5.56 Å². The summed E-state index contributed by atoms with van der Waals surface area (Å²) in [6.07, 6.45) is 0. The van der Waals surface area contributed by atoms with E-state index in [4.69, 9.17) is 11.6 Å². The highest BCUT2D eigenvalue weighted by molar-refractivity contribution is 6.69. The van der Waals surface area contributed by atoms with Gasteiger partial charge in [0.2, 0.25) is 0 Å². The summed E-state index contributed by atoms with van der Waals surface area (Å²) in [7, 11) is 1.47. The molecule has 0 aliphatic carbocycles. The lowest BCUT2D eigenvalue weighted by Crippen LogP contribution is -1.91. The summed E-state index contributed by atoms with van der Waals surface area (Å²) >= 11 is 5.93. The van der Waals surface area contributed by atoms with Crippen LogP contribution in [0.4, 0.5) is 0 Å². The second-order valence-electron chi connectivity index (χ2n) is 3.51. The third-order valence-electron chi connectivity index (χ3n) is 2.40. The van der Waals surface area contributed by atoms with Gasteiger partial charge >= 0.3 is 0 Å². The van der Waals surface area contributed by atoms with Crippen LogP contribution in [0, 0.1) is 0 Å². The Kier molecular flexibility index (Phi) is 3.78. The Balaban J connectivity index is 2.28. The standard InChI is InChI=1S/C14H12ClNO/c1-17-16-14(15)13-9-7-12(8-10-13)11-5-3-2-4-6-11/h2-10H,1H3/b16-14-. The Morgan fingerprint density at radius 1 is 0.941 bits per heavy atom. The number of halogens is 1. The minimum absolute atomic E-state index is 0.354. The molecule has 2 aromatic carbocycles. The van der Waals surface area contributed by atoms with Gasteiger partial charge in [0.05, 0.1) is 0 Å². The zero-order chi connectivity index (χ0) is 12.1. The van der Waals surface area contributed by atoms with Gasteiger partial charge in [0, 0.05) is 5.56 Å². The van der Waals surface area contributed by atoms with Crippen LogP contribution in [0.15, 0.2) is 59.8 Å². The third-order valence-corrected chi connectivity index (χ3v) is 2.69. The monoisotopic (exact) mass is 245 g/mol. The highest BCUT2D eigenvalue weighted by Gasteiger charge is 2.01. The largest absolute Gasteiger partial charge is 0.398 e. The van der Waals surface area contributed by atoms with Gasteiger partial charge in [-0.2, -0.15) is 0 Å². The van der Waals surface area contributed by atoms with Crippen LogP contribution in [0.2, 0.25) is 0 Å². The van der Waals surface area contributed by atoms with Crippen molar-refractivity contribution in [3.63, 3.8) is 0 Å². The summed E-state index contributed by atoms with van der Waals surface area (Å²) in [5.74, 6) is 0. The molecule has 0 fully saturated rings. The Morgan fingerprint density at radius 2 is 1.53 bits per heavy atom. The molecular weight excluding hydrogens is 234 g/mol. The lowest BCUT2D eigenvalue weighted by atomic mass is 10.0. The number of hydrogen-bond acceptors (Lipinski definition) is 2. The van der Waals surface area contributed by atoms with Crippen LogP contribution in [-0.2, 0) is 4.84 Å². The number of rotatable bonds is 3. The molecule has 2 nitrogen and oxygen atoms in total. The molecule has 2 aromatic rings. The van der Waals surface area contributed by atoms with E-state index in [2.05, 4.69) is 22.1 Å². The van der Waals surface area contributed by atoms with Crippen molar-refractivity contribution in [1.82, 2.24) is 0 Å². The van der Waals surface area contributed by atoms with E-state index in [-0.39, 0.29) is 0 Å². The smallest absolute Gasteiger partial charge is 0.175 e. The highest BCUT2D eigenvalue weighted by Crippen LogP contribution is 2.19. The molecule has 17 heavy (non-hydrogen) atoms. The maximum absolute atomic E-state index is 5.93. The molecule has 0 aromatic heterocycles. The fourth-order valence-electron chi connectivity index (χ4n) is 1.56. The van der Waals surface area contributed by atoms with Crippen molar-refractivity contribution in [2.24, 2.45) is 5.16 Å². The molecule has 0 aliphatic heterocycles. The molecular formula is C14H12ClNO. The number of hydrogen-bond donors (Lipinski definition) is 0. The van der Waals surface area contributed by atoms with Crippen molar-refractivity contribution in [2.45, 2.75) is 0 Å². The molecule has 0 saturated heterocycles. The summed E-state index contributed by atoms with van der Waals surface area (Å²) in [5.41, 5.74) is 3.17. The first-order valence-corrected chi connectivity index (χ1v) is 5.61. The molecule has 86 valence electrons. The average Bonchev–Trinajstić information content (AvgIpc) is 2.40. The van der Waals surface area contributed by atoms with Crippen molar-refractivity contribution in [1.29, 1.82) is 0 Å². The maximum Gasteiger partial charge on any atom is 0.175 e. The Bertz CT molecular complexity index is 506. The molecule has 3 heteroatoms. The molecule has 0 saturated carbocycles. The lowest BCUT2D eigenvalue weighted by Gasteiger charge is -2.02. The Hall–Kier alpha value is -1.80. The second-order valence-corrected chi connectivity index (χ2v) is 3.87. The van der Waals surface area contributed by atoms with Crippen molar-refractivity contribution in [2.75, 3.05) is 7.11 Å². The molecule has 0 atom stereocenters. The molecule has 0 heterocycles. The molecule has 0 bridgehead atoms. The summed E-state index contributed by atoms with van der Waals surface area (Å²) < 4.78 is 0. The predicted molar refractivity (Wildman–Crippen MR) is 71.3 cm³/mol. The zero-order valence-electron chi connectivity index (χ0n) is 9.43. The fraction of sp³-hybridized carbons (Fsp3) is 0.0714. The van der Waals surface area contributed by atoms with Gasteiger partial charge in [-0.15, -0.1) is 0 Å². The molecule has 0 aliphatic rings. The van der Waals surface area contributed by atoms with E-state index in [0.29, 0.717) is 5.17 Å². The van der Waals surface area contributed by atoms with Gasteiger partial charge in [0.15, 0.2) is 5.17 Å². The minimum atomic E-state index is 0.354. The highest BCUT2D eigenvalue weighted by atomic mass is 35.5. The van der Waals surface area contributed by atoms with Gasteiger partial charge in [0.1, 0.15) is 7.11 Å². The van der Waals surface area contributed by atoms with Crippen LogP contribution in [0.3, 0.4) is 0 Å². The minimum Gasteiger partial charge on any atom is -0.398 e. The number of nitrogens with zero attached hydrogens (tertiary/aromatic N) is 1. The van der Waals surface area contributed by atoms with Crippen molar-refractivity contribution < 1.29 is 4.84 Å². The lowest BCUT2D eigenvalue weighted by molar-refractivity contribution is 0.214. The van der Waals surface area contributed by atoms with Crippen LogP contribution in [0.25, 0.3) is 11.1 Å². The van der Waals surface area contributed by atoms with E-state index < -0.39 is 0 Å². The third kappa shape index (κ3) is 2.86. The maximum atomic E-state index is 5.93. The van der Waals surface area contributed by atoms with Gasteiger partial charge in [-0.05, 0) is 11.1 Å². The summed E-state index contributed by atoms with van der Waals surface area (Å²) in [6.45, 7) is 0. The summed E-state index contributed by atoms with van der Waals surface area (Å²) in [5, 5.41) is 4.03. The van der Waals surface area contributed by atoms with E-state index in [1.165, 1.54) is 12.7 Å². The van der Waals surface area contributed by atoms with Crippen LogP contribution < -0.4 is 0 Å². The predicted octanol–water partition coefficient (Wildman–Crippen LogP) is 3.90. The van der Waals surface area contributed by atoms with Gasteiger partial charge < -0.3 is 4.84 Å². The number of benzene rings is 2. The quantitative estimate of drug-likeness (QED) is 0.594. The van der Waals surface area contributed by atoms with Crippen molar-refractivity contribution >= 4 is 16.8 Å². The van der Waals surface area contributed by atoms with Crippen molar-refractivity contribution in [3.05, 3.63) is 60.2 Å². The van der Waals surface area contributed by atoms with Gasteiger partial charge in [-0.25, -0.2) is 0 Å². The first-order chi connectivity index (χ1) is 8.31. The SMILES string of the molecule is CO/N=C(\Cl)c1ccc(-c2ccccc2)cc1. The van der Waals surface area contributed by atoms with Gasteiger partial charge in [-0.1, -0.05) is 71.4 Å². The first kappa shape index (κ1) is 11.7. The van der Waals surface area contributed by atoms with Crippen LogP contribution in [-0.4, -0.2) is 12.3 Å². The molecule has 0 radical (unpaired) electrons. The van der Waals surface area contributed by atoms with E-state index >= 15 is 0 Å². The topological polar surface area (TPSA) is 21.6 Å². The van der Waals surface area contributed by atoms with Crippen molar-refractivity contribution in [3.8, 4) is 11.1 Å². The fourth-order valence-corrected chi connectivity index (χ4v) is 1.76. The van der Waals surface area contributed by atoms with E-state index in [9.17, 15) is 0 Å². The van der Waals surface area contributed by atoms with E-state index in [1.54, 1.807) is 0 Å². The zero-order valence-corrected chi connectivity index (χ0v) is 10.2. The average molecular weight is 246 g/mol. The van der Waals surface area contributed by atoms with E-state index in [0.717, 1.165) is 11.1 Å². The van der Waals surface area contributed by atoms with Gasteiger partial charge in [-0.3, -0.25) is 0 Å². The molecule has 0 unspecified atom stereocenters. The first-order valence-electron chi connectivity index (χ1n) is 5.24. The van der Waals surface area contributed by atoms with Crippen LogP contribution >= 0.6 is 11.6 Å². The Labute approximate surface area is 105 Å². The molecule has 0 amide bonds. The second kappa shape index (κ2) is 5.51. The Morgan fingerprint density at radius 3 is 2.12 bits per heavy atom. The number of oxime groups is 1. The molecule has 2 rings (SSSR count). The molecule has 0 spiro atoms. The normalized spacial score (nSPS) is 11.3. The summed E-state index contributed by atoms with van der Waals surface area (Å²) in [6, 6.07) is 18.0. The van der Waals surface area contributed by atoms with Gasteiger partial charge in [0.25, 0.3) is 0 Å².